The summed E-state index contributed by atoms with van der Waals surface area (Å²) in [5, 5.41) is 8.72. The number of nitrogens with zero attached hydrogens (tertiary/aromatic N) is 5. The fourth-order valence-electron chi connectivity index (χ4n) is 3.00. The maximum Gasteiger partial charge on any atom is 0.278 e. The number of carbonyl (C=O) groups excluding carboxylic acids is 1. The molecular weight excluding hydrogens is 294 g/mol. The van der Waals surface area contributed by atoms with Crippen LogP contribution in [0.2, 0.25) is 0 Å². The van der Waals surface area contributed by atoms with Gasteiger partial charge in [-0.1, -0.05) is 17.3 Å². The number of amides is 1. The smallest absolute Gasteiger partial charge is 0.278 e. The maximum atomic E-state index is 12.4. The topological polar surface area (TPSA) is 71.3 Å². The summed E-state index contributed by atoms with van der Waals surface area (Å²) in [4.78, 5) is 28.6. The summed E-state index contributed by atoms with van der Waals surface area (Å²) in [6, 6.07) is 7.24. The zero-order chi connectivity index (χ0) is 15.8. The molecular formula is C16H19N5O2. The standard InChI is InChI=1S/C16H19N5O2/c22-15(12-5-6-12)20-9-7-19(8-10-20)11-21-16(23)13-3-1-2-4-14(13)17-18-21/h1-4,12H,5-11H2. The predicted octanol–water partition coefficient (Wildman–Crippen LogP) is 0.303. The average molecular weight is 313 g/mol. The summed E-state index contributed by atoms with van der Waals surface area (Å²) in [5.41, 5.74) is 0.501. The molecule has 23 heavy (non-hydrogen) atoms. The number of piperazine rings is 1. The van der Waals surface area contributed by atoms with Gasteiger partial charge in [0.15, 0.2) is 0 Å². The van der Waals surface area contributed by atoms with Gasteiger partial charge in [-0.15, -0.1) is 5.10 Å². The Hall–Kier alpha value is -2.28. The molecule has 1 aliphatic heterocycles. The molecule has 1 saturated carbocycles. The number of aromatic nitrogens is 3. The van der Waals surface area contributed by atoms with Crippen LogP contribution in [-0.2, 0) is 11.5 Å². The fourth-order valence-corrected chi connectivity index (χ4v) is 3.00. The Kier molecular flexibility index (Phi) is 3.57. The molecule has 0 unspecified atom stereocenters. The van der Waals surface area contributed by atoms with Crippen molar-refractivity contribution >= 4 is 16.8 Å². The number of carbonyl (C=O) groups is 1. The number of benzene rings is 1. The van der Waals surface area contributed by atoms with Crippen LogP contribution in [0.25, 0.3) is 10.9 Å². The van der Waals surface area contributed by atoms with Gasteiger partial charge in [-0.2, -0.15) is 4.68 Å². The van der Waals surface area contributed by atoms with Crippen LogP contribution in [0.1, 0.15) is 12.8 Å². The van der Waals surface area contributed by atoms with Gasteiger partial charge in [0, 0.05) is 32.1 Å². The minimum atomic E-state index is -0.118. The molecule has 1 aliphatic carbocycles. The van der Waals surface area contributed by atoms with Crippen molar-refractivity contribution < 1.29 is 4.79 Å². The van der Waals surface area contributed by atoms with Gasteiger partial charge in [-0.3, -0.25) is 14.5 Å². The van der Waals surface area contributed by atoms with Crippen LogP contribution in [0.3, 0.4) is 0 Å². The zero-order valence-corrected chi connectivity index (χ0v) is 12.9. The molecule has 1 aromatic heterocycles. The fraction of sp³-hybridized carbons (Fsp3) is 0.500. The normalized spacial score (nSPS) is 19.2. The van der Waals surface area contributed by atoms with Crippen molar-refractivity contribution in [2.75, 3.05) is 26.2 Å². The SMILES string of the molecule is O=C(C1CC1)N1CCN(Cn2nnc3ccccc3c2=O)CC1. The van der Waals surface area contributed by atoms with E-state index in [0.29, 0.717) is 23.5 Å². The van der Waals surface area contributed by atoms with E-state index in [1.54, 1.807) is 12.1 Å². The lowest BCUT2D eigenvalue weighted by Gasteiger charge is -2.34. The summed E-state index contributed by atoms with van der Waals surface area (Å²) in [6.07, 6.45) is 2.09. The third-order valence-electron chi connectivity index (χ3n) is 4.57. The second-order valence-electron chi connectivity index (χ2n) is 6.27. The van der Waals surface area contributed by atoms with Crippen LogP contribution in [0, 0.1) is 5.92 Å². The molecule has 0 bridgehead atoms. The molecule has 4 rings (SSSR count). The summed E-state index contributed by atoms with van der Waals surface area (Å²) in [5.74, 6) is 0.572. The van der Waals surface area contributed by atoms with Crippen molar-refractivity contribution in [3.8, 4) is 0 Å². The first-order valence-corrected chi connectivity index (χ1v) is 8.06. The molecule has 0 atom stereocenters. The highest BCUT2D eigenvalue weighted by Crippen LogP contribution is 2.31. The molecule has 1 aromatic carbocycles. The van der Waals surface area contributed by atoms with Gasteiger partial charge < -0.3 is 4.90 Å². The number of rotatable bonds is 3. The monoisotopic (exact) mass is 313 g/mol. The molecule has 0 spiro atoms. The first kappa shape index (κ1) is 14.3. The summed E-state index contributed by atoms with van der Waals surface area (Å²) in [7, 11) is 0. The lowest BCUT2D eigenvalue weighted by atomic mass is 10.2. The van der Waals surface area contributed by atoms with Gasteiger partial charge >= 0.3 is 0 Å². The van der Waals surface area contributed by atoms with E-state index in [4.69, 9.17) is 0 Å². The molecule has 2 fully saturated rings. The van der Waals surface area contributed by atoms with Gasteiger partial charge in [0.25, 0.3) is 5.56 Å². The first-order chi connectivity index (χ1) is 11.2. The Bertz CT molecular complexity index is 790. The van der Waals surface area contributed by atoms with Crippen molar-refractivity contribution in [2.24, 2.45) is 5.92 Å². The molecule has 1 amide bonds. The van der Waals surface area contributed by atoms with Crippen LogP contribution in [0.4, 0.5) is 0 Å². The van der Waals surface area contributed by atoms with E-state index in [2.05, 4.69) is 15.2 Å². The predicted molar refractivity (Wildman–Crippen MR) is 84.7 cm³/mol. The maximum absolute atomic E-state index is 12.4. The Morgan fingerprint density at radius 3 is 2.61 bits per heavy atom. The molecule has 1 saturated heterocycles. The average Bonchev–Trinajstić information content (AvgIpc) is 3.43. The van der Waals surface area contributed by atoms with Crippen LogP contribution in [0.5, 0.6) is 0 Å². The van der Waals surface area contributed by atoms with E-state index in [-0.39, 0.29) is 11.5 Å². The van der Waals surface area contributed by atoms with E-state index < -0.39 is 0 Å². The molecule has 0 N–H and O–H groups in total. The summed E-state index contributed by atoms with van der Waals surface area (Å²) >= 11 is 0. The Morgan fingerprint density at radius 2 is 1.87 bits per heavy atom. The molecule has 0 radical (unpaired) electrons. The summed E-state index contributed by atoms with van der Waals surface area (Å²) < 4.78 is 1.40. The van der Waals surface area contributed by atoms with Crippen molar-refractivity contribution in [1.82, 2.24) is 24.8 Å². The third-order valence-corrected chi connectivity index (χ3v) is 4.57. The van der Waals surface area contributed by atoms with Gasteiger partial charge in [0.1, 0.15) is 5.52 Å². The highest BCUT2D eigenvalue weighted by Gasteiger charge is 2.34. The molecule has 2 heterocycles. The van der Waals surface area contributed by atoms with Crippen molar-refractivity contribution in [3.63, 3.8) is 0 Å². The number of hydrogen-bond acceptors (Lipinski definition) is 5. The lowest BCUT2D eigenvalue weighted by molar-refractivity contribution is -0.134. The molecule has 2 aliphatic rings. The van der Waals surface area contributed by atoms with Gasteiger partial charge in [0.05, 0.1) is 12.1 Å². The van der Waals surface area contributed by atoms with E-state index in [9.17, 15) is 9.59 Å². The Morgan fingerprint density at radius 1 is 1.13 bits per heavy atom. The quantitative estimate of drug-likeness (QED) is 0.815. The number of fused-ring (bicyclic) bond motifs is 1. The van der Waals surface area contributed by atoms with Crippen LogP contribution >= 0.6 is 0 Å². The summed E-state index contributed by atoms with van der Waals surface area (Å²) in [6.45, 7) is 3.40. The van der Waals surface area contributed by atoms with Crippen molar-refractivity contribution in [1.29, 1.82) is 0 Å². The molecule has 2 aromatic rings. The molecule has 7 heteroatoms. The van der Waals surface area contributed by atoms with Gasteiger partial charge in [-0.05, 0) is 25.0 Å². The third kappa shape index (κ3) is 2.84. The van der Waals surface area contributed by atoms with Crippen LogP contribution in [0.15, 0.2) is 29.1 Å². The molecule has 120 valence electrons. The first-order valence-electron chi connectivity index (χ1n) is 8.06. The highest BCUT2D eigenvalue weighted by molar-refractivity contribution is 5.81. The van der Waals surface area contributed by atoms with E-state index in [1.165, 1.54) is 4.68 Å². The van der Waals surface area contributed by atoms with Crippen LogP contribution in [-0.4, -0.2) is 56.9 Å². The van der Waals surface area contributed by atoms with Crippen LogP contribution < -0.4 is 5.56 Å². The second-order valence-corrected chi connectivity index (χ2v) is 6.27. The van der Waals surface area contributed by atoms with E-state index in [1.807, 2.05) is 17.0 Å². The van der Waals surface area contributed by atoms with E-state index in [0.717, 1.165) is 39.0 Å². The zero-order valence-electron chi connectivity index (χ0n) is 12.9. The lowest BCUT2D eigenvalue weighted by Crippen LogP contribution is -2.50. The van der Waals surface area contributed by atoms with E-state index >= 15 is 0 Å². The van der Waals surface area contributed by atoms with Gasteiger partial charge in [-0.25, -0.2) is 0 Å². The minimum absolute atomic E-state index is 0.118. The van der Waals surface area contributed by atoms with Crippen molar-refractivity contribution in [2.45, 2.75) is 19.5 Å². The Balaban J connectivity index is 1.44. The highest BCUT2D eigenvalue weighted by atomic mass is 16.2. The van der Waals surface area contributed by atoms with Crippen molar-refractivity contribution in [3.05, 3.63) is 34.6 Å². The largest absolute Gasteiger partial charge is 0.340 e. The second kappa shape index (κ2) is 5.73. The minimum Gasteiger partial charge on any atom is -0.340 e. The Labute approximate surface area is 133 Å². The molecule has 7 nitrogen and oxygen atoms in total. The van der Waals surface area contributed by atoms with Gasteiger partial charge in [0.2, 0.25) is 5.91 Å². The number of hydrogen-bond donors (Lipinski definition) is 0.